The summed E-state index contributed by atoms with van der Waals surface area (Å²) in [5.74, 6) is -18.8. The fourth-order valence-corrected chi connectivity index (χ4v) is 11.2. The van der Waals surface area contributed by atoms with Crippen molar-refractivity contribution < 1.29 is 97.7 Å². The molecule has 1 rings (SSSR count). The van der Waals surface area contributed by atoms with E-state index in [1.54, 1.807) is 20.8 Å². The molecule has 1 aromatic carbocycles. The van der Waals surface area contributed by atoms with Gasteiger partial charge in [0.2, 0.25) is 59.1 Å². The third kappa shape index (κ3) is 30.7. The molecule has 18 atom stereocenters. The fourth-order valence-electron chi connectivity index (χ4n) is 11.2. The van der Waals surface area contributed by atoms with Crippen molar-refractivity contribution in [1.82, 2.24) is 52.3 Å². The first kappa shape index (κ1) is 94.2. The Kier molecular flexibility index (Phi) is 40.5. The van der Waals surface area contributed by atoms with Gasteiger partial charge in [-0.1, -0.05) is 73.6 Å². The summed E-state index contributed by atoms with van der Waals surface area (Å²) in [5.41, 5.74) is 32.8. The Morgan fingerprint density at radius 2 is 1.09 bits per heavy atom. The van der Waals surface area contributed by atoms with E-state index in [1.165, 1.54) is 80.0 Å². The van der Waals surface area contributed by atoms with Crippen LogP contribution in [0.1, 0.15) is 146 Å². The van der Waals surface area contributed by atoms with Crippen molar-refractivity contribution in [3.8, 4) is 5.75 Å². The molecule has 598 valence electrons. The molecule has 38 nitrogen and oxygen atoms in total. The summed E-state index contributed by atoms with van der Waals surface area (Å²) in [6.45, 7) is 17.9. The lowest BCUT2D eigenvalue weighted by atomic mass is 9.87. The van der Waals surface area contributed by atoms with Crippen LogP contribution >= 0.6 is 0 Å². The maximum absolute atomic E-state index is 14.9. The number of nitrogens with one attached hydrogen (secondary N) is 8. The molecule has 0 saturated carbocycles. The number of phenolic OH excluding ortho intramolecular Hbond substituents is 1. The number of amides is 12. The van der Waals surface area contributed by atoms with E-state index in [4.69, 9.17) is 39.1 Å². The summed E-state index contributed by atoms with van der Waals surface area (Å²) in [6, 6.07) is -9.35. The number of aliphatic imine (C=N–C) groups is 2. The number of aliphatic hydroxyl groups is 4. The number of carbonyl (C=O) groups is 13. The van der Waals surface area contributed by atoms with Gasteiger partial charge in [0.05, 0.1) is 24.2 Å². The van der Waals surface area contributed by atoms with Crippen LogP contribution in [0.3, 0.4) is 0 Å². The van der Waals surface area contributed by atoms with Gasteiger partial charge in [0, 0.05) is 46.6 Å². The fraction of sp³-hybridized carbons (Fsp3) is 0.662. The van der Waals surface area contributed by atoms with E-state index in [0.717, 1.165) is 29.8 Å². The molecule has 0 bridgehead atoms. The van der Waals surface area contributed by atoms with Crippen LogP contribution in [0.15, 0.2) is 46.0 Å². The van der Waals surface area contributed by atoms with Crippen LogP contribution in [-0.4, -0.2) is 242 Å². The Morgan fingerprint density at radius 3 is 1.58 bits per heavy atom. The molecule has 2 unspecified atom stereocenters. The lowest BCUT2D eigenvalue weighted by Crippen LogP contribution is -2.61. The first-order valence-electron chi connectivity index (χ1n) is 34.8. The number of benzene rings is 1. The number of likely N-dealkylation sites (N-methyl/N-ethyl adjacent to an activating group) is 2. The molecule has 0 spiro atoms. The SMILES string of the molecule is C/C=C(\NC(=O)C(NC(=O)[C@H](O)[C@H](O)[C@H](CCCN=C(N)N)NC(=O)[C@@H](C)NC(=O)[C@H](C)[C@H](O)[C@H](C)CC(C)C)[C@@H](C)[C@@H](C)C(N)=O)C(=O)NC(C(=O)N[C@H](CCCN=C(N)N)C(=O)N[C@@H](CC(C)C)C(=O)N(C)[C@@H](CCC(N)=O)C(=O)N[C@@H](C(=O)N(C)[C@@H](C)C(=O)O)[C@H](OC)c1ccc(O)cc1)[C@@H](C)O. The summed E-state index contributed by atoms with van der Waals surface area (Å²) in [7, 11) is 3.53. The van der Waals surface area contributed by atoms with E-state index in [-0.39, 0.29) is 80.3 Å². The summed E-state index contributed by atoms with van der Waals surface area (Å²) < 4.78 is 5.68. The number of carboxylic acid groups (broad SMARTS) is 1. The minimum absolute atomic E-state index is 0.0366. The van der Waals surface area contributed by atoms with Gasteiger partial charge in [-0.25, -0.2) is 4.79 Å². The van der Waals surface area contributed by atoms with Gasteiger partial charge in [-0.2, -0.15) is 0 Å². The second-order valence-electron chi connectivity index (χ2n) is 27.4. The average molecular weight is 1510 g/mol. The molecule has 1 aromatic rings. The minimum Gasteiger partial charge on any atom is -0.508 e. The highest BCUT2D eigenvalue weighted by atomic mass is 16.5. The van der Waals surface area contributed by atoms with E-state index in [2.05, 4.69) is 52.5 Å². The molecule has 0 saturated heterocycles. The molecule has 0 aliphatic heterocycles. The third-order valence-corrected chi connectivity index (χ3v) is 17.9. The summed E-state index contributed by atoms with van der Waals surface area (Å²) in [4.78, 5) is 189. The first-order chi connectivity index (χ1) is 49.3. The van der Waals surface area contributed by atoms with Crippen LogP contribution in [0.2, 0.25) is 0 Å². The minimum atomic E-state index is -2.47. The Bertz CT molecular complexity index is 3240. The number of primary amides is 2. The zero-order chi connectivity index (χ0) is 81.5. The van der Waals surface area contributed by atoms with E-state index >= 15 is 0 Å². The Morgan fingerprint density at radius 1 is 0.557 bits per heavy atom. The number of hydrogen-bond donors (Lipinski definition) is 20. The van der Waals surface area contributed by atoms with Crippen LogP contribution < -0.4 is 76.9 Å². The molecule has 106 heavy (non-hydrogen) atoms. The van der Waals surface area contributed by atoms with Gasteiger partial charge < -0.3 is 122 Å². The highest BCUT2D eigenvalue weighted by Crippen LogP contribution is 2.27. The molecule has 0 aliphatic carbocycles. The van der Waals surface area contributed by atoms with Crippen molar-refractivity contribution in [3.05, 3.63) is 41.6 Å². The number of carbonyl (C=O) groups excluding carboxylic acids is 12. The molecule has 12 amide bonds. The van der Waals surface area contributed by atoms with Gasteiger partial charge in [0.25, 0.3) is 11.8 Å². The second kappa shape index (κ2) is 45.5. The van der Waals surface area contributed by atoms with Crippen molar-refractivity contribution in [2.75, 3.05) is 34.3 Å². The largest absolute Gasteiger partial charge is 0.508 e. The number of aliphatic hydroxyl groups excluding tert-OH is 4. The molecular formula is C68H116N18O20. The lowest BCUT2D eigenvalue weighted by Gasteiger charge is -2.35. The number of aromatic hydroxyl groups is 1. The maximum atomic E-state index is 14.9. The Labute approximate surface area is 617 Å². The molecular weight excluding hydrogens is 1390 g/mol. The molecule has 0 aromatic heterocycles. The van der Waals surface area contributed by atoms with Gasteiger partial charge >= 0.3 is 5.97 Å². The van der Waals surface area contributed by atoms with Crippen molar-refractivity contribution in [2.24, 2.45) is 79.9 Å². The number of hydrogen-bond acceptors (Lipinski definition) is 21. The zero-order valence-electron chi connectivity index (χ0n) is 63.2. The third-order valence-electron chi connectivity index (χ3n) is 17.9. The molecule has 0 radical (unpaired) electrons. The molecule has 0 aliphatic rings. The second-order valence-corrected chi connectivity index (χ2v) is 27.4. The average Bonchev–Trinajstić information content (AvgIpc) is 0.816. The van der Waals surface area contributed by atoms with Crippen LogP contribution in [0, 0.1) is 35.5 Å². The Balaban J connectivity index is 3.78. The summed E-state index contributed by atoms with van der Waals surface area (Å²) in [6.07, 6.45) is -8.83. The smallest absolute Gasteiger partial charge is 0.326 e. The zero-order valence-corrected chi connectivity index (χ0v) is 63.2. The van der Waals surface area contributed by atoms with Gasteiger partial charge in [-0.3, -0.25) is 67.5 Å². The van der Waals surface area contributed by atoms with Gasteiger partial charge in [-0.15, -0.1) is 0 Å². The van der Waals surface area contributed by atoms with Crippen molar-refractivity contribution in [3.63, 3.8) is 0 Å². The first-order valence-corrected chi connectivity index (χ1v) is 34.8. The number of allylic oxidation sites excluding steroid dienone is 1. The van der Waals surface area contributed by atoms with E-state index < -0.39 is 204 Å². The van der Waals surface area contributed by atoms with Crippen LogP contribution in [0.25, 0.3) is 0 Å². The lowest BCUT2D eigenvalue weighted by molar-refractivity contribution is -0.152. The van der Waals surface area contributed by atoms with Gasteiger partial charge in [0.15, 0.2) is 18.0 Å². The monoisotopic (exact) mass is 1500 g/mol. The summed E-state index contributed by atoms with van der Waals surface area (Å²) in [5, 5.41) is 84.4. The quantitative estimate of drug-likeness (QED) is 0.0126. The van der Waals surface area contributed by atoms with Gasteiger partial charge in [-0.05, 0) is 114 Å². The van der Waals surface area contributed by atoms with E-state index in [0.29, 0.717) is 6.42 Å². The van der Waals surface area contributed by atoms with E-state index in [9.17, 15) is 93.0 Å². The number of ether oxygens (including phenoxy) is 1. The van der Waals surface area contributed by atoms with Crippen LogP contribution in [0.4, 0.5) is 0 Å². The molecule has 0 fully saturated rings. The van der Waals surface area contributed by atoms with Crippen LogP contribution in [0.5, 0.6) is 5.75 Å². The number of rotatable bonds is 47. The topological polar surface area (TPSA) is 636 Å². The number of nitrogens with two attached hydrogens (primary N) is 6. The predicted molar refractivity (Wildman–Crippen MR) is 388 cm³/mol. The van der Waals surface area contributed by atoms with E-state index in [1.807, 2.05) is 13.8 Å². The van der Waals surface area contributed by atoms with Crippen molar-refractivity contribution >= 4 is 88.8 Å². The van der Waals surface area contributed by atoms with Crippen molar-refractivity contribution in [1.29, 1.82) is 0 Å². The Hall–Kier alpha value is -9.79. The highest BCUT2D eigenvalue weighted by molar-refractivity contribution is 6.03. The molecule has 0 heterocycles. The number of nitrogens with zero attached hydrogens (tertiary/aromatic N) is 4. The number of carboxylic acids is 1. The number of phenols is 1. The summed E-state index contributed by atoms with van der Waals surface area (Å²) >= 11 is 0. The van der Waals surface area contributed by atoms with Crippen LogP contribution in [-0.2, 0) is 67.1 Å². The number of guanidine groups is 2. The highest BCUT2D eigenvalue weighted by Gasteiger charge is 2.43. The standard InChI is InChI=1S/C68H116N18O20/c1-16-42(78-61(99)48(34(7)35(8)55(70)93)82-63(101)53(92)52(91)43(19-17-27-75-67(71)72)79-57(95)37(10)77-56(94)36(9)51(90)33(6)29-31(2)3)58(96)83-49(39(12)87)62(100)80-44(20-18-28-76-68(73)74)59(97)81-45(30-32(4)5)64(102)86(14)46(25-26-47(69)89)60(98)84-50(65(103)85(13)38(11)66(104)105)54(106-15)40-21-23-41(88)24-22-40/h16,21-24,31-39,43-46,48-54,87-88,90-92H,17-20,25-30H2,1-15H3,(H2,69,89)(H2,70,93)(H,77,94)(H,78,99)(H,79,95)(H,80,100)(H,81,97)(H,82,101)(H,83,96)(H,84,98)(H,104,105)(H4,71,72,75)(H4,73,74,76)/b42-16-/t33-,34+,35-,36-,37-,38+,39-,43+,44-,45+,46+,48?,49?,50-,51-,52-,53-,54-/m1/s1. The predicted octanol–water partition coefficient (Wildman–Crippen LogP) is -4.77. The number of aliphatic carboxylic acids is 1. The number of methoxy groups -OCH3 is 1. The van der Waals surface area contributed by atoms with Gasteiger partial charge in [0.1, 0.15) is 72.0 Å². The van der Waals surface area contributed by atoms with Crippen molar-refractivity contribution in [2.45, 2.75) is 219 Å². The normalized spacial score (nSPS) is 16.6. The molecule has 38 heteroatoms. The molecule has 26 N–H and O–H groups in total. The maximum Gasteiger partial charge on any atom is 0.326 e.